The second kappa shape index (κ2) is 4.73. The average molecular weight is 143 g/mol. The highest BCUT2D eigenvalue weighted by Crippen LogP contribution is 1.92. The molecule has 0 fully saturated rings. The quantitative estimate of drug-likeness (QED) is 0.333. The summed E-state index contributed by atoms with van der Waals surface area (Å²) in [5, 5.41) is 0. The van der Waals surface area contributed by atoms with Gasteiger partial charge in [-0.1, -0.05) is 12.2 Å². The predicted molar refractivity (Wildman–Crippen MR) is 38.5 cm³/mol. The summed E-state index contributed by atoms with van der Waals surface area (Å²) in [5.74, 6) is 0. The number of hydrogen-bond acceptors (Lipinski definition) is 1. The van der Waals surface area contributed by atoms with Gasteiger partial charge in [0.2, 0.25) is 0 Å². The first-order chi connectivity index (χ1) is 4.72. The van der Waals surface area contributed by atoms with Crippen LogP contribution in [0.5, 0.6) is 0 Å². The van der Waals surface area contributed by atoms with Gasteiger partial charge in [-0.3, -0.25) is 0 Å². The molecule has 0 rings (SSSR count). The number of carbonyl (C=O) groups excluding carboxylic acids is 1. The van der Waals surface area contributed by atoms with Crippen LogP contribution in [-0.4, -0.2) is 24.2 Å². The molecule has 56 valence electrons. The van der Waals surface area contributed by atoms with Crippen LogP contribution in [0.3, 0.4) is 0 Å². The molecule has 0 aliphatic carbocycles. The number of halogens is 1. The molecule has 10 heavy (non-hydrogen) atoms. The third-order valence-electron chi connectivity index (χ3n) is 0.948. The smallest absolute Gasteiger partial charge is 0.307 e. The molecule has 0 aliphatic heterocycles. The molecular formula is C7H10FNO. The van der Waals surface area contributed by atoms with E-state index in [4.69, 9.17) is 0 Å². The Morgan fingerprint density at radius 1 is 1.40 bits per heavy atom. The van der Waals surface area contributed by atoms with Gasteiger partial charge in [-0.15, -0.1) is 17.5 Å². The molecule has 0 aromatic rings. The molecule has 0 atom stereocenters. The van der Waals surface area contributed by atoms with Crippen molar-refractivity contribution in [2.45, 2.75) is 0 Å². The van der Waals surface area contributed by atoms with Crippen LogP contribution in [0.15, 0.2) is 25.3 Å². The van der Waals surface area contributed by atoms with Gasteiger partial charge in [0.25, 0.3) is 0 Å². The first kappa shape index (κ1) is 8.88. The Balaban J connectivity index is 3.83. The topological polar surface area (TPSA) is 20.3 Å². The minimum atomic E-state index is -1.44. The highest BCUT2D eigenvalue weighted by molar-refractivity contribution is 5.66. The molecule has 0 aromatic heterocycles. The summed E-state index contributed by atoms with van der Waals surface area (Å²) in [7, 11) is 0. The Kier molecular flexibility index (Phi) is 4.20. The molecule has 0 saturated heterocycles. The van der Waals surface area contributed by atoms with Gasteiger partial charge in [-0.25, -0.2) is 4.79 Å². The lowest BCUT2D eigenvalue weighted by Gasteiger charge is -2.12. The molecule has 0 spiro atoms. The van der Waals surface area contributed by atoms with E-state index in [1.807, 2.05) is 0 Å². The molecule has 0 aliphatic rings. The number of nitrogens with zero attached hydrogens (tertiary/aromatic N) is 1. The van der Waals surface area contributed by atoms with E-state index in [1.165, 1.54) is 12.2 Å². The monoisotopic (exact) mass is 143 g/mol. The van der Waals surface area contributed by atoms with E-state index in [1.54, 1.807) is 0 Å². The standard InChI is InChI=1S/C7H10FNO/c1-3-5-9(6-4-2)7(8)10/h3-4H,1-2,5-6H2. The van der Waals surface area contributed by atoms with Crippen LogP contribution < -0.4 is 0 Å². The van der Waals surface area contributed by atoms with Gasteiger partial charge in [0.1, 0.15) is 0 Å². The van der Waals surface area contributed by atoms with E-state index in [-0.39, 0.29) is 13.1 Å². The van der Waals surface area contributed by atoms with Crippen molar-refractivity contribution >= 4 is 6.16 Å². The second-order valence-electron chi connectivity index (χ2n) is 1.74. The zero-order chi connectivity index (χ0) is 7.98. The Hall–Kier alpha value is -1.12. The minimum absolute atomic E-state index is 0.224. The minimum Gasteiger partial charge on any atom is -0.307 e. The van der Waals surface area contributed by atoms with E-state index in [9.17, 15) is 9.18 Å². The van der Waals surface area contributed by atoms with Crippen molar-refractivity contribution in [1.82, 2.24) is 4.90 Å². The van der Waals surface area contributed by atoms with E-state index < -0.39 is 6.16 Å². The van der Waals surface area contributed by atoms with E-state index >= 15 is 0 Å². The maximum absolute atomic E-state index is 11.9. The molecule has 0 unspecified atom stereocenters. The van der Waals surface area contributed by atoms with Crippen molar-refractivity contribution in [3.63, 3.8) is 0 Å². The second-order valence-corrected chi connectivity index (χ2v) is 1.74. The predicted octanol–water partition coefficient (Wildman–Crippen LogP) is 1.75. The third kappa shape index (κ3) is 3.02. The van der Waals surface area contributed by atoms with Crippen molar-refractivity contribution in [3.05, 3.63) is 25.3 Å². The molecule has 0 heterocycles. The van der Waals surface area contributed by atoms with Gasteiger partial charge in [0, 0.05) is 13.1 Å². The maximum Gasteiger partial charge on any atom is 0.400 e. The molecule has 0 saturated carbocycles. The van der Waals surface area contributed by atoms with Crippen molar-refractivity contribution < 1.29 is 9.18 Å². The van der Waals surface area contributed by atoms with Gasteiger partial charge in [-0.05, 0) is 0 Å². The molecule has 3 heteroatoms. The lowest BCUT2D eigenvalue weighted by molar-refractivity contribution is 0.185. The zero-order valence-electron chi connectivity index (χ0n) is 5.72. The third-order valence-corrected chi connectivity index (χ3v) is 0.948. The largest absolute Gasteiger partial charge is 0.400 e. The van der Waals surface area contributed by atoms with Crippen LogP contribution >= 0.6 is 0 Å². The fourth-order valence-corrected chi connectivity index (χ4v) is 0.530. The number of carbonyl (C=O) groups is 1. The van der Waals surface area contributed by atoms with Crippen LogP contribution in [-0.2, 0) is 0 Å². The SMILES string of the molecule is C=CCN(CC=C)C(=O)F. The van der Waals surface area contributed by atoms with Crippen molar-refractivity contribution in [1.29, 1.82) is 0 Å². The number of amides is 1. The summed E-state index contributed by atoms with van der Waals surface area (Å²) in [5.41, 5.74) is 0. The van der Waals surface area contributed by atoms with E-state index in [2.05, 4.69) is 13.2 Å². The normalized spacial score (nSPS) is 8.50. The van der Waals surface area contributed by atoms with Crippen molar-refractivity contribution in [2.24, 2.45) is 0 Å². The maximum atomic E-state index is 11.9. The number of rotatable bonds is 4. The van der Waals surface area contributed by atoms with Crippen molar-refractivity contribution in [2.75, 3.05) is 13.1 Å². The lowest BCUT2D eigenvalue weighted by atomic mass is 10.5. The van der Waals surface area contributed by atoms with E-state index in [0.29, 0.717) is 0 Å². The van der Waals surface area contributed by atoms with Crippen molar-refractivity contribution in [3.8, 4) is 0 Å². The summed E-state index contributed by atoms with van der Waals surface area (Å²) < 4.78 is 11.9. The average Bonchev–Trinajstić information content (AvgIpc) is 1.87. The van der Waals surface area contributed by atoms with Crippen LogP contribution in [0.4, 0.5) is 9.18 Å². The summed E-state index contributed by atoms with van der Waals surface area (Å²) in [6.45, 7) is 7.19. The van der Waals surface area contributed by atoms with Crippen LogP contribution in [0.25, 0.3) is 0 Å². The molecular weight excluding hydrogens is 133 g/mol. The van der Waals surface area contributed by atoms with Gasteiger partial charge >= 0.3 is 6.16 Å². The Morgan fingerprint density at radius 3 is 2.00 bits per heavy atom. The van der Waals surface area contributed by atoms with Crippen LogP contribution in [0.2, 0.25) is 0 Å². The molecule has 0 N–H and O–H groups in total. The Labute approximate surface area is 59.6 Å². The Morgan fingerprint density at radius 2 is 1.80 bits per heavy atom. The summed E-state index contributed by atoms with van der Waals surface area (Å²) in [4.78, 5) is 11.1. The van der Waals surface area contributed by atoms with E-state index in [0.717, 1.165) is 4.90 Å². The molecule has 0 bridgehead atoms. The lowest BCUT2D eigenvalue weighted by Crippen LogP contribution is -2.26. The molecule has 0 radical (unpaired) electrons. The van der Waals surface area contributed by atoms with Crippen LogP contribution in [0.1, 0.15) is 0 Å². The van der Waals surface area contributed by atoms with Gasteiger partial charge < -0.3 is 4.90 Å². The fourth-order valence-electron chi connectivity index (χ4n) is 0.530. The summed E-state index contributed by atoms with van der Waals surface area (Å²) in [6.07, 6.45) is 1.47. The van der Waals surface area contributed by atoms with Gasteiger partial charge in [0.05, 0.1) is 0 Å². The highest BCUT2D eigenvalue weighted by atomic mass is 19.1. The molecule has 1 amide bonds. The van der Waals surface area contributed by atoms with Crippen LogP contribution in [0, 0.1) is 0 Å². The summed E-state index contributed by atoms with van der Waals surface area (Å²) >= 11 is 0. The molecule has 2 nitrogen and oxygen atoms in total. The van der Waals surface area contributed by atoms with Gasteiger partial charge in [0.15, 0.2) is 0 Å². The number of hydrogen-bond donors (Lipinski definition) is 0. The zero-order valence-corrected chi connectivity index (χ0v) is 5.72. The first-order valence-electron chi connectivity index (χ1n) is 2.88. The summed E-state index contributed by atoms with van der Waals surface area (Å²) in [6, 6.07) is 0. The fraction of sp³-hybridized carbons (Fsp3) is 0.286. The highest BCUT2D eigenvalue weighted by Gasteiger charge is 2.06. The molecule has 0 aromatic carbocycles. The Bertz CT molecular complexity index is 135. The first-order valence-corrected chi connectivity index (χ1v) is 2.88. The van der Waals surface area contributed by atoms with Gasteiger partial charge in [-0.2, -0.15) is 0 Å².